The highest BCUT2D eigenvalue weighted by atomic mass is 16.5. The van der Waals surface area contributed by atoms with Crippen LogP contribution in [-0.2, 0) is 14.3 Å². The SMILES string of the molecule is CCOC(=O)c1c(C)[nH]c(C(=O)COC(=O)[C@H](CC(C)C)NC(N)=O)c1C. The van der Waals surface area contributed by atoms with Crippen LogP contribution in [0.25, 0.3) is 0 Å². The molecule has 9 heteroatoms. The van der Waals surface area contributed by atoms with Gasteiger partial charge in [0.2, 0.25) is 5.78 Å². The van der Waals surface area contributed by atoms with Crippen molar-refractivity contribution in [1.29, 1.82) is 0 Å². The summed E-state index contributed by atoms with van der Waals surface area (Å²) in [5.74, 6) is -1.67. The quantitative estimate of drug-likeness (QED) is 0.438. The molecule has 1 rings (SSSR count). The summed E-state index contributed by atoms with van der Waals surface area (Å²) in [6.07, 6.45) is 0.323. The number of primary amides is 1. The average Bonchev–Trinajstić information content (AvgIpc) is 2.85. The third-order valence-electron chi connectivity index (χ3n) is 3.85. The van der Waals surface area contributed by atoms with Gasteiger partial charge >= 0.3 is 18.0 Å². The summed E-state index contributed by atoms with van der Waals surface area (Å²) in [6, 6.07) is -1.78. The third kappa shape index (κ3) is 6.12. The van der Waals surface area contributed by atoms with Gasteiger partial charge in [0.05, 0.1) is 17.9 Å². The van der Waals surface area contributed by atoms with Crippen LogP contribution < -0.4 is 11.1 Å². The summed E-state index contributed by atoms with van der Waals surface area (Å²) in [5.41, 5.74) is 6.46. The van der Waals surface area contributed by atoms with Gasteiger partial charge in [0.25, 0.3) is 0 Å². The van der Waals surface area contributed by atoms with E-state index in [2.05, 4.69) is 10.3 Å². The number of carbonyl (C=O) groups excluding carboxylic acids is 4. The Bertz CT molecular complexity index is 723. The molecule has 0 aliphatic heterocycles. The molecule has 1 aromatic rings. The molecule has 2 amide bonds. The highest BCUT2D eigenvalue weighted by molar-refractivity contribution is 6.02. The lowest BCUT2D eigenvalue weighted by molar-refractivity contribution is -0.145. The van der Waals surface area contributed by atoms with Gasteiger partial charge in [0.1, 0.15) is 6.04 Å². The number of aromatic amines is 1. The lowest BCUT2D eigenvalue weighted by Gasteiger charge is -2.18. The van der Waals surface area contributed by atoms with E-state index >= 15 is 0 Å². The van der Waals surface area contributed by atoms with E-state index in [1.165, 1.54) is 0 Å². The second-order valence-corrected chi connectivity index (χ2v) is 6.57. The Morgan fingerprint density at radius 3 is 2.30 bits per heavy atom. The molecule has 1 aromatic heterocycles. The minimum Gasteiger partial charge on any atom is -0.462 e. The highest BCUT2D eigenvalue weighted by Gasteiger charge is 2.26. The molecule has 0 saturated heterocycles. The van der Waals surface area contributed by atoms with Crippen molar-refractivity contribution >= 4 is 23.8 Å². The first-order valence-corrected chi connectivity index (χ1v) is 8.70. The van der Waals surface area contributed by atoms with Crippen LogP contribution in [-0.4, -0.2) is 48.0 Å². The zero-order valence-electron chi connectivity index (χ0n) is 16.3. The Morgan fingerprint density at radius 1 is 1.15 bits per heavy atom. The fourth-order valence-electron chi connectivity index (χ4n) is 2.70. The number of aromatic nitrogens is 1. The van der Waals surface area contributed by atoms with E-state index < -0.39 is 36.4 Å². The summed E-state index contributed by atoms with van der Waals surface area (Å²) >= 11 is 0. The van der Waals surface area contributed by atoms with Crippen LogP contribution in [0.15, 0.2) is 0 Å². The monoisotopic (exact) mass is 381 g/mol. The Hall–Kier alpha value is -2.84. The number of nitrogens with one attached hydrogen (secondary N) is 2. The number of amides is 2. The van der Waals surface area contributed by atoms with Crippen LogP contribution in [0.3, 0.4) is 0 Å². The van der Waals surface area contributed by atoms with Crippen molar-refractivity contribution < 1.29 is 28.7 Å². The van der Waals surface area contributed by atoms with Gasteiger partial charge in [-0.1, -0.05) is 13.8 Å². The van der Waals surface area contributed by atoms with Crippen molar-refractivity contribution in [2.75, 3.05) is 13.2 Å². The molecule has 0 fully saturated rings. The maximum Gasteiger partial charge on any atom is 0.340 e. The molecular weight excluding hydrogens is 354 g/mol. The summed E-state index contributed by atoms with van der Waals surface area (Å²) < 4.78 is 10.0. The van der Waals surface area contributed by atoms with Crippen LogP contribution >= 0.6 is 0 Å². The maximum absolute atomic E-state index is 12.4. The van der Waals surface area contributed by atoms with Gasteiger partial charge in [-0.2, -0.15) is 0 Å². The number of ether oxygens (including phenoxy) is 2. The molecule has 150 valence electrons. The first-order chi connectivity index (χ1) is 12.6. The predicted molar refractivity (Wildman–Crippen MR) is 97.5 cm³/mol. The van der Waals surface area contributed by atoms with Gasteiger partial charge in [0, 0.05) is 5.69 Å². The molecule has 0 bridgehead atoms. The van der Waals surface area contributed by atoms with Gasteiger partial charge in [0.15, 0.2) is 6.61 Å². The van der Waals surface area contributed by atoms with Gasteiger partial charge in [-0.25, -0.2) is 14.4 Å². The number of rotatable bonds is 9. The number of H-pyrrole nitrogens is 1. The topological polar surface area (TPSA) is 141 Å². The fourth-order valence-corrected chi connectivity index (χ4v) is 2.70. The normalized spacial score (nSPS) is 11.8. The van der Waals surface area contributed by atoms with Crippen LogP contribution in [0.5, 0.6) is 0 Å². The fraction of sp³-hybridized carbons (Fsp3) is 0.556. The molecule has 1 atom stereocenters. The standard InChI is InChI=1S/C18H27N3O6/c1-6-26-17(24)14-10(4)15(20-11(14)5)13(22)8-27-16(23)12(7-9(2)3)21-18(19)25/h9,12,20H,6-8H2,1-5H3,(H3,19,21,25)/t12-/m0/s1. The Kier molecular flexibility index (Phi) is 8.01. The average molecular weight is 381 g/mol. The Morgan fingerprint density at radius 2 is 1.78 bits per heavy atom. The number of hydrogen-bond donors (Lipinski definition) is 3. The molecule has 0 aliphatic carbocycles. The molecule has 1 heterocycles. The summed E-state index contributed by atoms with van der Waals surface area (Å²) in [7, 11) is 0. The zero-order chi connectivity index (χ0) is 20.7. The van der Waals surface area contributed by atoms with Crippen LogP contribution in [0, 0.1) is 19.8 Å². The second-order valence-electron chi connectivity index (χ2n) is 6.57. The molecule has 0 unspecified atom stereocenters. The van der Waals surface area contributed by atoms with Crippen molar-refractivity contribution in [3.05, 3.63) is 22.5 Å². The largest absolute Gasteiger partial charge is 0.462 e. The number of carbonyl (C=O) groups is 4. The molecule has 0 aromatic carbocycles. The number of Topliss-reactive ketones (excluding diaryl/α,β-unsaturated/α-hetero) is 1. The van der Waals surface area contributed by atoms with Gasteiger partial charge < -0.3 is 25.5 Å². The lowest BCUT2D eigenvalue weighted by Crippen LogP contribution is -2.45. The number of hydrogen-bond acceptors (Lipinski definition) is 6. The van der Waals surface area contributed by atoms with Gasteiger partial charge in [-0.3, -0.25) is 4.79 Å². The number of ketones is 1. The van der Waals surface area contributed by atoms with E-state index in [0.717, 1.165) is 0 Å². The third-order valence-corrected chi connectivity index (χ3v) is 3.85. The minimum absolute atomic E-state index is 0.102. The van der Waals surface area contributed by atoms with Crippen molar-refractivity contribution in [1.82, 2.24) is 10.3 Å². The number of aryl methyl sites for hydroxylation is 1. The smallest absolute Gasteiger partial charge is 0.340 e. The van der Waals surface area contributed by atoms with E-state index in [1.807, 2.05) is 13.8 Å². The highest BCUT2D eigenvalue weighted by Crippen LogP contribution is 2.19. The maximum atomic E-state index is 12.4. The molecule has 4 N–H and O–H groups in total. The van der Waals surface area contributed by atoms with E-state index in [-0.39, 0.29) is 18.2 Å². The number of esters is 2. The van der Waals surface area contributed by atoms with E-state index in [1.54, 1.807) is 20.8 Å². The van der Waals surface area contributed by atoms with E-state index in [4.69, 9.17) is 15.2 Å². The van der Waals surface area contributed by atoms with E-state index in [9.17, 15) is 19.2 Å². The van der Waals surface area contributed by atoms with E-state index in [0.29, 0.717) is 23.2 Å². The first-order valence-electron chi connectivity index (χ1n) is 8.70. The summed E-state index contributed by atoms with van der Waals surface area (Å²) in [5, 5.41) is 2.31. The van der Waals surface area contributed by atoms with Crippen LogP contribution in [0.1, 0.15) is 59.3 Å². The Labute approximate surface area is 158 Å². The first kappa shape index (κ1) is 22.2. The van der Waals surface area contributed by atoms with Gasteiger partial charge in [-0.15, -0.1) is 0 Å². The second kappa shape index (κ2) is 9.75. The van der Waals surface area contributed by atoms with Crippen molar-refractivity contribution in [3.8, 4) is 0 Å². The van der Waals surface area contributed by atoms with Crippen molar-refractivity contribution in [2.45, 2.75) is 47.1 Å². The summed E-state index contributed by atoms with van der Waals surface area (Å²) in [6.45, 7) is 8.38. The molecule has 9 nitrogen and oxygen atoms in total. The predicted octanol–water partition coefficient (Wildman–Crippen LogP) is 1.62. The number of urea groups is 1. The minimum atomic E-state index is -0.933. The molecule has 0 radical (unpaired) electrons. The molecule has 27 heavy (non-hydrogen) atoms. The zero-order valence-corrected chi connectivity index (χ0v) is 16.3. The molecule has 0 spiro atoms. The van der Waals surface area contributed by atoms with Crippen LogP contribution in [0.4, 0.5) is 4.79 Å². The van der Waals surface area contributed by atoms with Crippen molar-refractivity contribution in [2.24, 2.45) is 11.7 Å². The molecule has 0 saturated carbocycles. The Balaban J connectivity index is 2.84. The van der Waals surface area contributed by atoms with Crippen molar-refractivity contribution in [3.63, 3.8) is 0 Å². The lowest BCUT2D eigenvalue weighted by atomic mass is 10.0. The number of nitrogens with two attached hydrogens (primary N) is 1. The molecule has 0 aliphatic rings. The van der Waals surface area contributed by atoms with Gasteiger partial charge in [-0.05, 0) is 38.7 Å². The van der Waals surface area contributed by atoms with Crippen LogP contribution in [0.2, 0.25) is 0 Å². The summed E-state index contributed by atoms with van der Waals surface area (Å²) in [4.78, 5) is 50.5. The molecular formula is C18H27N3O6.